The summed E-state index contributed by atoms with van der Waals surface area (Å²) >= 11 is 0. The van der Waals surface area contributed by atoms with E-state index in [1.54, 1.807) is 0 Å². The van der Waals surface area contributed by atoms with Gasteiger partial charge in [0.1, 0.15) is 36.6 Å². The lowest BCUT2D eigenvalue weighted by Crippen LogP contribution is -2.68. The number of aliphatic hydroxyl groups excluding tert-OH is 5. The van der Waals surface area contributed by atoms with Crippen LogP contribution < -0.4 is 0 Å². The summed E-state index contributed by atoms with van der Waals surface area (Å²) < 4.78 is 23.4. The number of aliphatic carboxylic acids is 3. The molecule has 8 N–H and O–H groups in total. The standard InChI is InChI=1S/C42H62O16/c1-37(2)21-8-11-42(7)31(20(43)16-18-19-17-39(4,36(53)54)13-12-38(19,3)14-15-41(18,42)6)40(21,5)10-9-22(37)55-35-30(26(47)25(46)29(57-35)33(51)52)58-34-27(48)23(44)24(45)28(56-34)32(49)50/h16,19,21-31,34-35,44-48H,8-15,17H2,1-7H3,(H,49,50)(H,51,52)(H,53,54)/t19-,21?,22-,23?,24?,25?,26?,27?,28?,29?,30?,31?,34?,35?,38+,39-,40-,41+,42+/m0/s1. The third-order valence-corrected chi connectivity index (χ3v) is 17.2. The first-order valence-electron chi connectivity index (χ1n) is 20.7. The molecule has 16 heteroatoms. The Hall–Kier alpha value is -2.54. The number of carbonyl (C=O) groups excluding carboxylic acids is 1. The molecule has 2 heterocycles. The highest BCUT2D eigenvalue weighted by Crippen LogP contribution is 2.75. The van der Waals surface area contributed by atoms with Crippen LogP contribution >= 0.6 is 0 Å². The Morgan fingerprint density at radius 3 is 1.88 bits per heavy atom. The van der Waals surface area contributed by atoms with E-state index >= 15 is 0 Å². The van der Waals surface area contributed by atoms with Crippen LogP contribution in [0, 0.1) is 50.2 Å². The van der Waals surface area contributed by atoms with Crippen LogP contribution in [0.5, 0.6) is 0 Å². The molecule has 58 heavy (non-hydrogen) atoms. The Balaban J connectivity index is 1.17. The maximum atomic E-state index is 14.8. The SMILES string of the molecule is CC1(C)C2CC[C@]3(C)C(C(=O)C=C4[C@@H]5C[C@@](C)(C(=O)O)CC[C@]5(C)CC[C@]43C)[C@@]2(C)CC[C@@H]1OC1OC(C(=O)O)C(O)C(O)C1OC1OC(C(=O)O)C(O)C(O)C1O. The summed E-state index contributed by atoms with van der Waals surface area (Å²) in [7, 11) is 0. The highest BCUT2D eigenvalue weighted by Gasteiger charge is 2.71. The minimum Gasteiger partial charge on any atom is -0.481 e. The van der Waals surface area contributed by atoms with Crippen molar-refractivity contribution in [1.29, 1.82) is 0 Å². The number of rotatable bonds is 7. The first-order chi connectivity index (χ1) is 26.8. The molecular weight excluding hydrogens is 760 g/mol. The number of ether oxygens (including phenoxy) is 4. The Labute approximate surface area is 337 Å². The van der Waals surface area contributed by atoms with E-state index in [9.17, 15) is 60.0 Å². The summed E-state index contributed by atoms with van der Waals surface area (Å²) in [6.45, 7) is 14.8. The van der Waals surface area contributed by atoms with Crippen LogP contribution in [0.4, 0.5) is 0 Å². The molecule has 0 bridgehead atoms. The van der Waals surface area contributed by atoms with Gasteiger partial charge in [0.25, 0.3) is 0 Å². The second kappa shape index (κ2) is 14.3. The van der Waals surface area contributed by atoms with Gasteiger partial charge in [-0.15, -0.1) is 0 Å². The number of hydrogen-bond acceptors (Lipinski definition) is 13. The van der Waals surface area contributed by atoms with Gasteiger partial charge in [0.2, 0.25) is 0 Å². The lowest BCUT2D eigenvalue weighted by atomic mass is 9.33. The highest BCUT2D eigenvalue weighted by atomic mass is 16.8. The van der Waals surface area contributed by atoms with Gasteiger partial charge in [-0.2, -0.15) is 0 Å². The molecule has 6 fully saturated rings. The van der Waals surface area contributed by atoms with Crippen molar-refractivity contribution in [3.63, 3.8) is 0 Å². The van der Waals surface area contributed by atoms with Crippen LogP contribution in [-0.2, 0) is 38.1 Å². The van der Waals surface area contributed by atoms with Crippen LogP contribution in [0.2, 0.25) is 0 Å². The maximum Gasteiger partial charge on any atom is 0.335 e. The lowest BCUT2D eigenvalue weighted by molar-refractivity contribution is -0.371. The van der Waals surface area contributed by atoms with E-state index < -0.39 is 107 Å². The van der Waals surface area contributed by atoms with Crippen molar-refractivity contribution >= 4 is 23.7 Å². The van der Waals surface area contributed by atoms with Crippen molar-refractivity contribution in [3.8, 4) is 0 Å². The average Bonchev–Trinajstić information content (AvgIpc) is 3.13. The zero-order valence-electron chi connectivity index (χ0n) is 34.4. The van der Waals surface area contributed by atoms with Gasteiger partial charge in [-0.25, -0.2) is 9.59 Å². The number of ketones is 1. The molecule has 0 amide bonds. The van der Waals surface area contributed by atoms with Crippen molar-refractivity contribution in [3.05, 3.63) is 11.6 Å². The minimum atomic E-state index is -2.05. The first-order valence-corrected chi connectivity index (χ1v) is 20.7. The Morgan fingerprint density at radius 1 is 0.690 bits per heavy atom. The predicted molar refractivity (Wildman–Crippen MR) is 199 cm³/mol. The molecule has 7 rings (SSSR count). The largest absolute Gasteiger partial charge is 0.481 e. The zero-order valence-corrected chi connectivity index (χ0v) is 34.4. The molecule has 0 radical (unpaired) electrons. The molecule has 0 spiro atoms. The van der Waals surface area contributed by atoms with E-state index in [0.29, 0.717) is 25.7 Å². The van der Waals surface area contributed by atoms with Gasteiger partial charge >= 0.3 is 17.9 Å². The van der Waals surface area contributed by atoms with Crippen LogP contribution in [-0.4, -0.2) is 132 Å². The highest BCUT2D eigenvalue weighted by molar-refractivity contribution is 5.95. The molecule has 2 aliphatic heterocycles. The summed E-state index contributed by atoms with van der Waals surface area (Å²) in [6.07, 6.45) is -12.2. The van der Waals surface area contributed by atoms with Gasteiger partial charge in [-0.05, 0) is 110 Å². The number of carboxylic acids is 3. The molecule has 12 unspecified atom stereocenters. The summed E-state index contributed by atoms with van der Waals surface area (Å²) in [6, 6.07) is 0. The average molecular weight is 823 g/mol. The van der Waals surface area contributed by atoms with Gasteiger partial charge in [0.05, 0.1) is 11.5 Å². The topological polar surface area (TPSA) is 267 Å². The fraction of sp³-hybridized carbons (Fsp3) is 0.857. The van der Waals surface area contributed by atoms with Crippen molar-refractivity contribution in [2.75, 3.05) is 0 Å². The molecule has 16 nitrogen and oxygen atoms in total. The monoisotopic (exact) mass is 822 g/mol. The van der Waals surface area contributed by atoms with Gasteiger partial charge in [-0.3, -0.25) is 9.59 Å². The number of fused-ring (bicyclic) bond motifs is 7. The van der Waals surface area contributed by atoms with Gasteiger partial charge in [0.15, 0.2) is 30.6 Å². The summed E-state index contributed by atoms with van der Waals surface area (Å²) in [5, 5.41) is 83.0. The summed E-state index contributed by atoms with van der Waals surface area (Å²) in [5.41, 5.74) is -1.81. The van der Waals surface area contributed by atoms with Gasteiger partial charge in [0, 0.05) is 5.92 Å². The number of allylic oxidation sites excluding steroid dienone is 2. The molecule has 0 aromatic heterocycles. The minimum absolute atomic E-state index is 0.0217. The van der Waals surface area contributed by atoms with E-state index in [-0.39, 0.29) is 34.4 Å². The van der Waals surface area contributed by atoms with Gasteiger partial charge < -0.3 is 59.8 Å². The van der Waals surface area contributed by atoms with Crippen LogP contribution in [0.3, 0.4) is 0 Å². The van der Waals surface area contributed by atoms with E-state index in [0.717, 1.165) is 37.7 Å². The first kappa shape index (κ1) is 43.5. The molecule has 2 saturated heterocycles. The number of carbonyl (C=O) groups is 4. The number of aliphatic hydroxyl groups is 5. The van der Waals surface area contributed by atoms with Crippen LogP contribution in [0.15, 0.2) is 11.6 Å². The van der Waals surface area contributed by atoms with Crippen molar-refractivity contribution in [2.45, 2.75) is 174 Å². The molecule has 4 saturated carbocycles. The zero-order chi connectivity index (χ0) is 42.9. The van der Waals surface area contributed by atoms with Crippen LogP contribution in [0.25, 0.3) is 0 Å². The summed E-state index contributed by atoms with van der Waals surface area (Å²) in [5.74, 6) is -4.47. The second-order valence-corrected chi connectivity index (χ2v) is 20.6. The Morgan fingerprint density at radius 2 is 1.28 bits per heavy atom. The third-order valence-electron chi connectivity index (χ3n) is 17.2. The fourth-order valence-corrected chi connectivity index (χ4v) is 13.4. The smallest absolute Gasteiger partial charge is 0.335 e. The number of hydrogen-bond donors (Lipinski definition) is 8. The molecule has 0 aromatic carbocycles. The van der Waals surface area contributed by atoms with Crippen LogP contribution in [0.1, 0.15) is 106 Å². The van der Waals surface area contributed by atoms with E-state index in [1.807, 2.05) is 26.8 Å². The molecule has 326 valence electrons. The summed E-state index contributed by atoms with van der Waals surface area (Å²) in [4.78, 5) is 51.3. The predicted octanol–water partition coefficient (Wildman–Crippen LogP) is 2.25. The fourth-order valence-electron chi connectivity index (χ4n) is 13.4. The molecule has 7 aliphatic rings. The maximum absolute atomic E-state index is 14.8. The lowest BCUT2D eigenvalue weighted by Gasteiger charge is -2.70. The number of carboxylic acid groups (broad SMARTS) is 3. The normalized spacial score (nSPS) is 52.6. The van der Waals surface area contributed by atoms with E-state index in [4.69, 9.17) is 18.9 Å². The molecular formula is C42H62O16. The second-order valence-electron chi connectivity index (χ2n) is 20.6. The van der Waals surface area contributed by atoms with E-state index in [2.05, 4.69) is 27.7 Å². The quantitative estimate of drug-likeness (QED) is 0.171. The molecule has 0 aromatic rings. The third kappa shape index (κ3) is 6.25. The van der Waals surface area contributed by atoms with Crippen molar-refractivity contribution < 1.29 is 79.0 Å². The van der Waals surface area contributed by atoms with Gasteiger partial charge in [-0.1, -0.05) is 47.1 Å². The Kier molecular flexibility index (Phi) is 10.7. The molecule has 5 aliphatic carbocycles. The van der Waals surface area contributed by atoms with Crippen molar-refractivity contribution in [2.24, 2.45) is 50.2 Å². The van der Waals surface area contributed by atoms with E-state index in [1.165, 1.54) is 0 Å². The Bertz CT molecular complexity index is 1730. The van der Waals surface area contributed by atoms with Crippen molar-refractivity contribution in [1.82, 2.24) is 0 Å². The molecule has 19 atom stereocenters.